The molecule has 0 spiro atoms. The lowest BCUT2D eigenvalue weighted by molar-refractivity contribution is 0.196. The van der Waals surface area contributed by atoms with E-state index in [1.807, 2.05) is 4.90 Å². The predicted octanol–water partition coefficient (Wildman–Crippen LogP) is 1.51. The fourth-order valence-corrected chi connectivity index (χ4v) is 3.94. The zero-order chi connectivity index (χ0) is 14.8. The van der Waals surface area contributed by atoms with Crippen molar-refractivity contribution in [2.75, 3.05) is 38.6 Å². The van der Waals surface area contributed by atoms with Crippen LogP contribution in [0.2, 0.25) is 0 Å². The molecule has 8 heteroatoms. The van der Waals surface area contributed by atoms with Gasteiger partial charge in [0.1, 0.15) is 11.6 Å². The van der Waals surface area contributed by atoms with Crippen molar-refractivity contribution in [3.05, 3.63) is 29.8 Å². The molecule has 1 aromatic carbocycles. The van der Waals surface area contributed by atoms with Crippen molar-refractivity contribution in [3.8, 4) is 0 Å². The molecule has 0 saturated carbocycles. The third-order valence-electron chi connectivity index (χ3n) is 3.25. The van der Waals surface area contributed by atoms with Gasteiger partial charge in [0, 0.05) is 38.6 Å². The van der Waals surface area contributed by atoms with Crippen molar-refractivity contribution in [1.29, 1.82) is 0 Å². The summed E-state index contributed by atoms with van der Waals surface area (Å²) < 4.78 is 52.9. The van der Waals surface area contributed by atoms with E-state index in [0.29, 0.717) is 25.5 Å². The highest BCUT2D eigenvalue weighted by Crippen LogP contribution is 2.23. The third-order valence-corrected chi connectivity index (χ3v) is 5.37. The van der Waals surface area contributed by atoms with E-state index in [4.69, 9.17) is 11.6 Å². The minimum Gasteiger partial charge on any atom is -0.300 e. The summed E-state index contributed by atoms with van der Waals surface area (Å²) in [6, 6.07) is 3.03. The SMILES string of the molecule is O=S(=O)(c1c(F)cccc1F)N1CCN(CCCl)CC1. The molecule has 1 saturated heterocycles. The Morgan fingerprint density at radius 3 is 2.15 bits per heavy atom. The van der Waals surface area contributed by atoms with Crippen LogP contribution in [0.3, 0.4) is 0 Å². The van der Waals surface area contributed by atoms with Gasteiger partial charge < -0.3 is 0 Å². The molecule has 2 rings (SSSR count). The Balaban J connectivity index is 2.20. The van der Waals surface area contributed by atoms with Gasteiger partial charge in [-0.3, -0.25) is 4.90 Å². The molecule has 0 unspecified atom stereocenters. The second-order valence-corrected chi connectivity index (χ2v) is 6.74. The zero-order valence-electron chi connectivity index (χ0n) is 10.7. The van der Waals surface area contributed by atoms with Crippen LogP contribution in [0.5, 0.6) is 0 Å². The number of halogens is 3. The molecule has 4 nitrogen and oxygen atoms in total. The summed E-state index contributed by atoms with van der Waals surface area (Å²) in [5, 5.41) is 0. The number of rotatable bonds is 4. The smallest absolute Gasteiger partial charge is 0.249 e. The molecule has 1 heterocycles. The Morgan fingerprint density at radius 2 is 1.65 bits per heavy atom. The first kappa shape index (κ1) is 15.6. The number of hydrogen-bond donors (Lipinski definition) is 0. The molecule has 0 radical (unpaired) electrons. The molecule has 1 fully saturated rings. The van der Waals surface area contributed by atoms with Crippen molar-refractivity contribution in [3.63, 3.8) is 0 Å². The lowest BCUT2D eigenvalue weighted by Gasteiger charge is -2.33. The maximum atomic E-state index is 13.6. The average molecular weight is 325 g/mol. The van der Waals surface area contributed by atoms with Crippen LogP contribution in [0.4, 0.5) is 8.78 Å². The van der Waals surface area contributed by atoms with Crippen LogP contribution >= 0.6 is 11.6 Å². The Labute approximate surface area is 122 Å². The molecule has 112 valence electrons. The number of nitrogens with zero attached hydrogens (tertiary/aromatic N) is 2. The van der Waals surface area contributed by atoms with Crippen LogP contribution in [-0.2, 0) is 10.0 Å². The third kappa shape index (κ3) is 3.11. The van der Waals surface area contributed by atoms with E-state index in [2.05, 4.69) is 0 Å². The van der Waals surface area contributed by atoms with Crippen molar-refractivity contribution >= 4 is 21.6 Å². The minimum atomic E-state index is -4.14. The molecule has 0 N–H and O–H groups in total. The summed E-state index contributed by atoms with van der Waals surface area (Å²) >= 11 is 5.63. The molecule has 0 aromatic heterocycles. The monoisotopic (exact) mass is 324 g/mol. The van der Waals surface area contributed by atoms with Gasteiger partial charge in [0.05, 0.1) is 0 Å². The van der Waals surface area contributed by atoms with Crippen LogP contribution in [0.1, 0.15) is 0 Å². The van der Waals surface area contributed by atoms with E-state index in [1.165, 1.54) is 0 Å². The van der Waals surface area contributed by atoms with Crippen molar-refractivity contribution in [2.45, 2.75) is 4.90 Å². The van der Waals surface area contributed by atoms with Gasteiger partial charge in [-0.05, 0) is 12.1 Å². The van der Waals surface area contributed by atoms with E-state index in [0.717, 1.165) is 22.5 Å². The molecule has 20 heavy (non-hydrogen) atoms. The molecule has 0 aliphatic carbocycles. The maximum absolute atomic E-state index is 13.6. The summed E-state index contributed by atoms with van der Waals surface area (Å²) in [6.07, 6.45) is 0. The minimum absolute atomic E-state index is 0.201. The van der Waals surface area contributed by atoms with Gasteiger partial charge in [0.25, 0.3) is 0 Å². The Morgan fingerprint density at radius 1 is 1.10 bits per heavy atom. The van der Waals surface area contributed by atoms with Gasteiger partial charge in [-0.1, -0.05) is 6.07 Å². The standard InChI is InChI=1S/C12H15ClF2N2O2S/c13-4-5-16-6-8-17(9-7-16)20(18,19)12-10(14)2-1-3-11(12)15/h1-3H,4-9H2. The lowest BCUT2D eigenvalue weighted by Crippen LogP contribution is -2.49. The van der Waals surface area contributed by atoms with Gasteiger partial charge in [-0.2, -0.15) is 4.31 Å². The average Bonchev–Trinajstić information content (AvgIpc) is 2.39. The lowest BCUT2D eigenvalue weighted by atomic mass is 10.3. The number of hydrogen-bond acceptors (Lipinski definition) is 3. The number of benzene rings is 1. The topological polar surface area (TPSA) is 40.6 Å². The second kappa shape index (κ2) is 6.34. The summed E-state index contributed by atoms with van der Waals surface area (Å²) in [5.74, 6) is -1.66. The van der Waals surface area contributed by atoms with Gasteiger partial charge in [-0.15, -0.1) is 11.6 Å². The Kier molecular flexibility index (Phi) is 4.95. The molecule has 0 atom stereocenters. The molecule has 1 aromatic rings. The predicted molar refractivity (Wildman–Crippen MR) is 72.3 cm³/mol. The molecule has 0 bridgehead atoms. The fourth-order valence-electron chi connectivity index (χ4n) is 2.17. The van der Waals surface area contributed by atoms with Crippen molar-refractivity contribution in [2.24, 2.45) is 0 Å². The molecule has 1 aliphatic heterocycles. The first-order chi connectivity index (χ1) is 9.46. The molecule has 0 amide bonds. The molecular formula is C12H15ClF2N2O2S. The molecule has 1 aliphatic rings. The first-order valence-corrected chi connectivity index (χ1v) is 8.16. The number of alkyl halides is 1. The van der Waals surface area contributed by atoms with Gasteiger partial charge in [-0.25, -0.2) is 17.2 Å². The van der Waals surface area contributed by atoms with E-state index < -0.39 is 26.6 Å². The highest BCUT2D eigenvalue weighted by atomic mass is 35.5. The summed E-state index contributed by atoms with van der Waals surface area (Å²) in [4.78, 5) is 1.14. The summed E-state index contributed by atoms with van der Waals surface area (Å²) in [6.45, 7) is 2.08. The van der Waals surface area contributed by atoms with Crippen molar-refractivity contribution < 1.29 is 17.2 Å². The molecular weight excluding hydrogens is 310 g/mol. The summed E-state index contributed by atoms with van der Waals surface area (Å²) in [7, 11) is -4.14. The fraction of sp³-hybridized carbons (Fsp3) is 0.500. The number of sulfonamides is 1. The highest BCUT2D eigenvalue weighted by molar-refractivity contribution is 7.89. The van der Waals surface area contributed by atoms with Gasteiger partial charge in [0.15, 0.2) is 4.90 Å². The Bertz CT molecular complexity index is 555. The largest absolute Gasteiger partial charge is 0.300 e. The van der Waals surface area contributed by atoms with Gasteiger partial charge in [0.2, 0.25) is 10.0 Å². The maximum Gasteiger partial charge on any atom is 0.249 e. The van der Waals surface area contributed by atoms with E-state index >= 15 is 0 Å². The van der Waals surface area contributed by atoms with Crippen molar-refractivity contribution in [1.82, 2.24) is 9.21 Å². The Hall–Kier alpha value is -0.760. The highest BCUT2D eigenvalue weighted by Gasteiger charge is 2.32. The van der Waals surface area contributed by atoms with Crippen LogP contribution in [0, 0.1) is 11.6 Å². The first-order valence-electron chi connectivity index (χ1n) is 6.19. The van der Waals surface area contributed by atoms with E-state index in [9.17, 15) is 17.2 Å². The van der Waals surface area contributed by atoms with Crippen LogP contribution < -0.4 is 0 Å². The summed E-state index contributed by atoms with van der Waals surface area (Å²) in [5.41, 5.74) is 0. The van der Waals surface area contributed by atoms with Gasteiger partial charge >= 0.3 is 0 Å². The van der Waals surface area contributed by atoms with Crippen LogP contribution in [0.25, 0.3) is 0 Å². The van der Waals surface area contributed by atoms with E-state index in [1.54, 1.807) is 0 Å². The van der Waals surface area contributed by atoms with Crippen LogP contribution in [-0.4, -0.2) is 56.2 Å². The quantitative estimate of drug-likeness (QED) is 0.788. The van der Waals surface area contributed by atoms with Crippen LogP contribution in [0.15, 0.2) is 23.1 Å². The van der Waals surface area contributed by atoms with E-state index in [-0.39, 0.29) is 13.1 Å². The zero-order valence-corrected chi connectivity index (χ0v) is 12.3. The number of piperazine rings is 1. The second-order valence-electron chi connectivity index (χ2n) is 4.49. The normalized spacial score (nSPS) is 18.4.